The Labute approximate surface area is 208 Å². The van der Waals surface area contributed by atoms with Crippen LogP contribution in [0, 0.1) is 0 Å². The molecule has 1 aliphatic heterocycles. The first-order chi connectivity index (χ1) is 17.1. The zero-order chi connectivity index (χ0) is 24.2. The first-order valence-corrected chi connectivity index (χ1v) is 12.5. The zero-order valence-electron chi connectivity index (χ0n) is 19.3. The van der Waals surface area contributed by atoms with Gasteiger partial charge in [0.15, 0.2) is 5.16 Å². The number of carbonyl (C=O) groups is 2. The highest BCUT2D eigenvalue weighted by atomic mass is 32.2. The molecule has 0 saturated carbocycles. The number of thioether (sulfide) groups is 1. The number of hydrogen-bond donors (Lipinski definition) is 1. The molecule has 0 saturated heterocycles. The number of nitrogens with zero attached hydrogens (tertiary/aromatic N) is 4. The van der Waals surface area contributed by atoms with E-state index in [0.717, 1.165) is 17.1 Å². The number of anilines is 2. The van der Waals surface area contributed by atoms with E-state index in [2.05, 4.69) is 27.6 Å². The van der Waals surface area contributed by atoms with Gasteiger partial charge in [-0.15, -0.1) is 10.2 Å². The number of rotatable bonds is 6. The molecular weight excluding hydrogens is 458 g/mol. The van der Waals surface area contributed by atoms with Gasteiger partial charge in [-0.1, -0.05) is 72.4 Å². The summed E-state index contributed by atoms with van der Waals surface area (Å²) in [6.45, 7) is 1.90. The molecule has 8 heteroatoms. The molecule has 35 heavy (non-hydrogen) atoms. The molecule has 1 N–H and O–H groups in total. The van der Waals surface area contributed by atoms with Crippen molar-refractivity contribution < 1.29 is 9.59 Å². The average Bonchev–Trinajstić information content (AvgIpc) is 3.21. The largest absolute Gasteiger partial charge is 0.324 e. The van der Waals surface area contributed by atoms with Crippen molar-refractivity contribution in [2.45, 2.75) is 31.0 Å². The molecule has 4 aromatic rings. The third-order valence-electron chi connectivity index (χ3n) is 5.87. The van der Waals surface area contributed by atoms with Crippen molar-refractivity contribution in [1.29, 1.82) is 0 Å². The van der Waals surface area contributed by atoms with E-state index < -0.39 is 0 Å². The third kappa shape index (κ3) is 4.97. The highest BCUT2D eigenvalue weighted by molar-refractivity contribution is 7.99. The van der Waals surface area contributed by atoms with Gasteiger partial charge in [0.1, 0.15) is 5.82 Å². The summed E-state index contributed by atoms with van der Waals surface area (Å²) < 4.78 is 2.01. The van der Waals surface area contributed by atoms with Crippen molar-refractivity contribution in [3.8, 4) is 5.69 Å². The van der Waals surface area contributed by atoms with Gasteiger partial charge < -0.3 is 10.2 Å². The summed E-state index contributed by atoms with van der Waals surface area (Å²) >= 11 is 1.35. The number of carbonyl (C=O) groups excluding carboxylic acids is 2. The van der Waals surface area contributed by atoms with E-state index in [4.69, 9.17) is 0 Å². The van der Waals surface area contributed by atoms with E-state index >= 15 is 0 Å². The molecule has 1 atom stereocenters. The van der Waals surface area contributed by atoms with Gasteiger partial charge >= 0.3 is 0 Å². The SMILES string of the molecule is CC1CC(=O)Nc2ccccc2N1C(=O)CSc1nnc(Cc2ccccc2)n1-c1ccccc1. The Morgan fingerprint density at radius 3 is 2.43 bits per heavy atom. The second kappa shape index (κ2) is 10.1. The molecule has 1 aromatic heterocycles. The van der Waals surface area contributed by atoms with E-state index in [-0.39, 0.29) is 30.0 Å². The van der Waals surface area contributed by atoms with Gasteiger partial charge in [-0.2, -0.15) is 0 Å². The molecule has 0 aliphatic carbocycles. The van der Waals surface area contributed by atoms with Crippen LogP contribution in [0.3, 0.4) is 0 Å². The Bertz CT molecular complexity index is 1340. The van der Waals surface area contributed by atoms with Crippen molar-refractivity contribution in [3.63, 3.8) is 0 Å². The lowest BCUT2D eigenvalue weighted by Crippen LogP contribution is -2.40. The predicted octanol–water partition coefficient (Wildman–Crippen LogP) is 4.71. The minimum Gasteiger partial charge on any atom is -0.324 e. The maximum atomic E-state index is 13.5. The molecule has 1 aliphatic rings. The molecule has 176 valence electrons. The van der Waals surface area contributed by atoms with E-state index in [1.54, 1.807) is 4.90 Å². The summed E-state index contributed by atoms with van der Waals surface area (Å²) in [4.78, 5) is 27.5. The number of hydrogen-bond acceptors (Lipinski definition) is 5. The Kier molecular flexibility index (Phi) is 6.63. The summed E-state index contributed by atoms with van der Waals surface area (Å²) in [5.41, 5.74) is 3.45. The summed E-state index contributed by atoms with van der Waals surface area (Å²) in [7, 11) is 0. The highest BCUT2D eigenvalue weighted by Gasteiger charge is 2.30. The smallest absolute Gasteiger partial charge is 0.237 e. The lowest BCUT2D eigenvalue weighted by molar-refractivity contribution is -0.117. The first-order valence-electron chi connectivity index (χ1n) is 11.5. The molecule has 0 spiro atoms. The second-order valence-corrected chi connectivity index (χ2v) is 9.35. The van der Waals surface area contributed by atoms with Crippen molar-refractivity contribution in [1.82, 2.24) is 14.8 Å². The molecule has 0 radical (unpaired) electrons. The molecule has 7 nitrogen and oxygen atoms in total. The highest BCUT2D eigenvalue weighted by Crippen LogP contribution is 2.32. The Balaban J connectivity index is 1.42. The fourth-order valence-corrected chi connectivity index (χ4v) is 5.12. The third-order valence-corrected chi connectivity index (χ3v) is 6.79. The van der Waals surface area contributed by atoms with Crippen LogP contribution >= 0.6 is 11.8 Å². The Morgan fingerprint density at radius 1 is 0.971 bits per heavy atom. The van der Waals surface area contributed by atoms with Crippen LogP contribution in [0.2, 0.25) is 0 Å². The molecule has 0 bridgehead atoms. The lowest BCUT2D eigenvalue weighted by atomic mass is 10.1. The molecule has 1 unspecified atom stereocenters. The average molecular weight is 484 g/mol. The fraction of sp³-hybridized carbons (Fsp3) is 0.185. The topological polar surface area (TPSA) is 80.1 Å². The minimum absolute atomic E-state index is 0.0846. The van der Waals surface area contributed by atoms with E-state index in [9.17, 15) is 9.59 Å². The maximum absolute atomic E-state index is 13.5. The monoisotopic (exact) mass is 483 g/mol. The van der Waals surface area contributed by atoms with Crippen molar-refractivity contribution in [2.24, 2.45) is 0 Å². The summed E-state index contributed by atoms with van der Waals surface area (Å²) in [6, 6.07) is 27.2. The Morgan fingerprint density at radius 2 is 1.66 bits per heavy atom. The van der Waals surface area contributed by atoms with E-state index in [1.165, 1.54) is 11.8 Å². The summed E-state index contributed by atoms with van der Waals surface area (Å²) in [5, 5.41) is 12.5. The van der Waals surface area contributed by atoms with Crippen LogP contribution < -0.4 is 10.2 Å². The number of nitrogens with one attached hydrogen (secondary N) is 1. The minimum atomic E-state index is -0.257. The van der Waals surface area contributed by atoms with E-state index in [0.29, 0.717) is 23.0 Å². The van der Waals surface area contributed by atoms with Gasteiger partial charge in [0.25, 0.3) is 0 Å². The number of aromatic nitrogens is 3. The molecule has 2 amide bonds. The van der Waals surface area contributed by atoms with Crippen LogP contribution in [0.5, 0.6) is 0 Å². The summed E-state index contributed by atoms with van der Waals surface area (Å²) in [5.74, 6) is 0.796. The van der Waals surface area contributed by atoms with Crippen LogP contribution in [0.25, 0.3) is 5.69 Å². The standard InChI is InChI=1S/C27H25N5O2S/c1-19-16-25(33)28-22-14-8-9-15-23(22)31(19)26(34)18-35-27-30-29-24(17-20-10-4-2-5-11-20)32(27)21-12-6-3-7-13-21/h2-15,19H,16-18H2,1H3,(H,28,33). The van der Waals surface area contributed by atoms with Crippen LogP contribution in [-0.4, -0.2) is 38.4 Å². The molecule has 0 fully saturated rings. The van der Waals surface area contributed by atoms with Gasteiger partial charge in [0.05, 0.1) is 17.1 Å². The maximum Gasteiger partial charge on any atom is 0.237 e. The van der Waals surface area contributed by atoms with Crippen LogP contribution in [0.15, 0.2) is 90.1 Å². The van der Waals surface area contributed by atoms with Gasteiger partial charge in [-0.25, -0.2) is 0 Å². The van der Waals surface area contributed by atoms with Crippen molar-refractivity contribution >= 4 is 35.0 Å². The molecular formula is C27H25N5O2S. The number of benzene rings is 3. The van der Waals surface area contributed by atoms with Crippen LogP contribution in [0.1, 0.15) is 24.7 Å². The second-order valence-electron chi connectivity index (χ2n) is 8.40. The van der Waals surface area contributed by atoms with Gasteiger partial charge in [0, 0.05) is 24.6 Å². The van der Waals surface area contributed by atoms with Crippen LogP contribution in [0.4, 0.5) is 11.4 Å². The van der Waals surface area contributed by atoms with Crippen molar-refractivity contribution in [2.75, 3.05) is 16.0 Å². The zero-order valence-corrected chi connectivity index (χ0v) is 20.1. The normalized spacial score (nSPS) is 15.3. The van der Waals surface area contributed by atoms with Crippen molar-refractivity contribution in [3.05, 3.63) is 96.3 Å². The Hall–Kier alpha value is -3.91. The van der Waals surface area contributed by atoms with Gasteiger partial charge in [0.2, 0.25) is 11.8 Å². The molecule has 5 rings (SSSR count). The van der Waals surface area contributed by atoms with Gasteiger partial charge in [-0.3, -0.25) is 14.2 Å². The van der Waals surface area contributed by atoms with Crippen LogP contribution in [-0.2, 0) is 16.0 Å². The number of amides is 2. The fourth-order valence-electron chi connectivity index (χ4n) is 4.29. The van der Waals surface area contributed by atoms with Gasteiger partial charge in [-0.05, 0) is 36.8 Å². The van der Waals surface area contributed by atoms with E-state index in [1.807, 2.05) is 84.3 Å². The molecule has 2 heterocycles. The predicted molar refractivity (Wildman–Crippen MR) is 138 cm³/mol. The lowest BCUT2D eigenvalue weighted by Gasteiger charge is -2.27. The number of para-hydroxylation sites is 3. The molecule has 3 aromatic carbocycles. The summed E-state index contributed by atoms with van der Waals surface area (Å²) in [6.07, 6.45) is 0.869. The first kappa shape index (κ1) is 22.9. The number of fused-ring (bicyclic) bond motifs is 1. The quantitative estimate of drug-likeness (QED) is 0.402.